The molecule has 0 spiro atoms. The molecule has 0 radical (unpaired) electrons. The first-order valence-corrected chi connectivity index (χ1v) is 7.71. The minimum Gasteiger partial charge on any atom is -0.0616 e. The number of hydrogen-bond donors (Lipinski definition) is 0. The Labute approximate surface area is 127 Å². The lowest BCUT2D eigenvalue weighted by atomic mass is 9.82. The minimum absolute atomic E-state index is 0.0679. The van der Waals surface area contributed by atoms with E-state index in [9.17, 15) is 0 Å². The molecule has 3 aromatic carbocycles. The van der Waals surface area contributed by atoms with E-state index in [4.69, 9.17) is 0 Å². The van der Waals surface area contributed by atoms with Crippen LogP contribution in [0.2, 0.25) is 0 Å². The Morgan fingerprint density at radius 1 is 0.800 bits per heavy atom. The minimum atomic E-state index is 0.0679. The highest BCUT2D eigenvalue weighted by Crippen LogP contribution is 2.52. The lowest BCUT2D eigenvalue weighted by Crippen LogP contribution is -2.14. The van der Waals surface area contributed by atoms with Crippen LogP contribution in [-0.4, -0.2) is 0 Å². The van der Waals surface area contributed by atoms with E-state index in [1.807, 2.05) is 0 Å². The standard InChI is InChI=1S/C19H15Br/c1-19(2)15-8-5-9-17(20)18(15)14-10-12-6-3-4-7-13(12)11-16(14)19/h3-11H,1-2H3. The summed E-state index contributed by atoms with van der Waals surface area (Å²) >= 11 is 3.73. The molecule has 4 rings (SSSR count). The number of hydrogen-bond acceptors (Lipinski definition) is 0. The van der Waals surface area contributed by atoms with Crippen molar-refractivity contribution in [2.75, 3.05) is 0 Å². The first-order chi connectivity index (χ1) is 9.59. The maximum absolute atomic E-state index is 3.73. The molecule has 20 heavy (non-hydrogen) atoms. The maximum Gasteiger partial charge on any atom is 0.0256 e. The third-order valence-corrected chi connectivity index (χ3v) is 5.18. The average Bonchev–Trinajstić information content (AvgIpc) is 2.67. The van der Waals surface area contributed by atoms with Gasteiger partial charge in [-0.05, 0) is 45.7 Å². The molecule has 0 heterocycles. The van der Waals surface area contributed by atoms with Crippen molar-refractivity contribution in [3.8, 4) is 11.1 Å². The molecular weight excluding hydrogens is 308 g/mol. The molecule has 0 saturated heterocycles. The van der Waals surface area contributed by atoms with Crippen LogP contribution in [0.1, 0.15) is 25.0 Å². The van der Waals surface area contributed by atoms with Crippen molar-refractivity contribution in [1.29, 1.82) is 0 Å². The van der Waals surface area contributed by atoms with Gasteiger partial charge in [0.05, 0.1) is 0 Å². The molecule has 0 aliphatic heterocycles. The number of benzene rings is 3. The fourth-order valence-electron chi connectivity index (χ4n) is 3.43. The lowest BCUT2D eigenvalue weighted by Gasteiger charge is -2.21. The van der Waals surface area contributed by atoms with Crippen LogP contribution >= 0.6 is 15.9 Å². The van der Waals surface area contributed by atoms with Crippen LogP contribution in [0, 0.1) is 0 Å². The third-order valence-electron chi connectivity index (χ3n) is 4.52. The van der Waals surface area contributed by atoms with E-state index in [1.54, 1.807) is 0 Å². The smallest absolute Gasteiger partial charge is 0.0256 e. The molecule has 1 aliphatic carbocycles. The molecule has 0 atom stereocenters. The fraction of sp³-hybridized carbons (Fsp3) is 0.158. The normalized spacial score (nSPS) is 15.2. The van der Waals surface area contributed by atoms with Gasteiger partial charge in [0.2, 0.25) is 0 Å². The van der Waals surface area contributed by atoms with Gasteiger partial charge < -0.3 is 0 Å². The Morgan fingerprint density at radius 2 is 1.50 bits per heavy atom. The quantitative estimate of drug-likeness (QED) is 0.482. The largest absolute Gasteiger partial charge is 0.0616 e. The van der Waals surface area contributed by atoms with Gasteiger partial charge >= 0.3 is 0 Å². The Balaban J connectivity index is 2.17. The van der Waals surface area contributed by atoms with E-state index in [-0.39, 0.29) is 5.41 Å². The van der Waals surface area contributed by atoms with Crippen LogP contribution in [0.5, 0.6) is 0 Å². The van der Waals surface area contributed by atoms with Crippen molar-refractivity contribution < 1.29 is 0 Å². The van der Waals surface area contributed by atoms with Crippen molar-refractivity contribution >= 4 is 26.7 Å². The number of halogens is 1. The second kappa shape index (κ2) is 3.95. The molecule has 0 nitrogen and oxygen atoms in total. The van der Waals surface area contributed by atoms with Gasteiger partial charge in [0.1, 0.15) is 0 Å². The van der Waals surface area contributed by atoms with Crippen LogP contribution in [-0.2, 0) is 5.41 Å². The zero-order valence-corrected chi connectivity index (χ0v) is 13.2. The van der Waals surface area contributed by atoms with Gasteiger partial charge in [-0.25, -0.2) is 0 Å². The second-order valence-corrected chi connectivity index (χ2v) is 6.89. The Hall–Kier alpha value is -1.60. The summed E-state index contributed by atoms with van der Waals surface area (Å²) in [5, 5.41) is 2.63. The molecule has 0 fully saturated rings. The van der Waals surface area contributed by atoms with Crippen molar-refractivity contribution in [2.45, 2.75) is 19.3 Å². The summed E-state index contributed by atoms with van der Waals surface area (Å²) in [5.74, 6) is 0. The summed E-state index contributed by atoms with van der Waals surface area (Å²) in [6, 6.07) is 19.8. The van der Waals surface area contributed by atoms with E-state index in [0.29, 0.717) is 0 Å². The lowest BCUT2D eigenvalue weighted by molar-refractivity contribution is 0.661. The van der Waals surface area contributed by atoms with E-state index in [2.05, 4.69) is 84.4 Å². The molecule has 0 saturated carbocycles. The molecule has 3 aromatic rings. The van der Waals surface area contributed by atoms with Crippen molar-refractivity contribution in [3.63, 3.8) is 0 Å². The van der Waals surface area contributed by atoms with Gasteiger partial charge in [-0.3, -0.25) is 0 Å². The van der Waals surface area contributed by atoms with Crippen LogP contribution < -0.4 is 0 Å². The van der Waals surface area contributed by atoms with E-state index in [1.165, 1.54) is 37.5 Å². The van der Waals surface area contributed by atoms with Crippen molar-refractivity contribution in [1.82, 2.24) is 0 Å². The summed E-state index contributed by atoms with van der Waals surface area (Å²) in [5.41, 5.74) is 5.64. The topological polar surface area (TPSA) is 0 Å². The molecule has 0 N–H and O–H groups in total. The van der Waals surface area contributed by atoms with Crippen molar-refractivity contribution in [2.24, 2.45) is 0 Å². The third kappa shape index (κ3) is 1.47. The summed E-state index contributed by atoms with van der Waals surface area (Å²) < 4.78 is 1.19. The molecule has 0 bridgehead atoms. The van der Waals surface area contributed by atoms with Crippen LogP contribution in [0.4, 0.5) is 0 Å². The van der Waals surface area contributed by atoms with Crippen LogP contribution in [0.25, 0.3) is 21.9 Å². The van der Waals surface area contributed by atoms with Gasteiger partial charge in [-0.15, -0.1) is 0 Å². The molecule has 0 unspecified atom stereocenters. The molecular formula is C19H15Br. The van der Waals surface area contributed by atoms with Crippen molar-refractivity contribution in [3.05, 3.63) is 70.2 Å². The Bertz CT molecular complexity index is 844. The van der Waals surface area contributed by atoms with Gasteiger partial charge in [0, 0.05) is 15.5 Å². The highest BCUT2D eigenvalue weighted by atomic mass is 79.9. The Morgan fingerprint density at radius 3 is 2.25 bits per heavy atom. The predicted octanol–water partition coefficient (Wildman–Crippen LogP) is 5.91. The summed E-state index contributed by atoms with van der Waals surface area (Å²) in [6.45, 7) is 4.64. The van der Waals surface area contributed by atoms with E-state index < -0.39 is 0 Å². The highest BCUT2D eigenvalue weighted by molar-refractivity contribution is 9.10. The Kier molecular flexibility index (Phi) is 2.41. The van der Waals surface area contributed by atoms with Gasteiger partial charge in [0.25, 0.3) is 0 Å². The fourth-order valence-corrected chi connectivity index (χ4v) is 4.01. The van der Waals surface area contributed by atoms with E-state index >= 15 is 0 Å². The average molecular weight is 323 g/mol. The SMILES string of the molecule is CC1(C)c2cc3ccccc3cc2-c2c(Br)cccc21. The molecule has 0 amide bonds. The number of fused-ring (bicyclic) bond motifs is 4. The van der Waals surface area contributed by atoms with Gasteiger partial charge in [0.15, 0.2) is 0 Å². The van der Waals surface area contributed by atoms with E-state index in [0.717, 1.165) is 0 Å². The first-order valence-electron chi connectivity index (χ1n) is 6.92. The second-order valence-electron chi connectivity index (χ2n) is 6.03. The first kappa shape index (κ1) is 12.2. The summed E-state index contributed by atoms with van der Waals surface area (Å²) in [6.07, 6.45) is 0. The van der Waals surface area contributed by atoms with Crippen LogP contribution in [0.15, 0.2) is 59.1 Å². The maximum atomic E-state index is 3.73. The van der Waals surface area contributed by atoms with Crippen LogP contribution in [0.3, 0.4) is 0 Å². The summed E-state index contributed by atoms with van der Waals surface area (Å²) in [7, 11) is 0. The summed E-state index contributed by atoms with van der Waals surface area (Å²) in [4.78, 5) is 0. The number of rotatable bonds is 0. The monoisotopic (exact) mass is 322 g/mol. The zero-order valence-electron chi connectivity index (χ0n) is 11.6. The molecule has 98 valence electrons. The molecule has 0 aromatic heterocycles. The van der Waals surface area contributed by atoms with Gasteiger partial charge in [-0.2, -0.15) is 0 Å². The van der Waals surface area contributed by atoms with Gasteiger partial charge in [-0.1, -0.05) is 66.2 Å². The highest BCUT2D eigenvalue weighted by Gasteiger charge is 2.36. The molecule has 1 heteroatoms. The predicted molar refractivity (Wildman–Crippen MR) is 89.2 cm³/mol. The molecule has 1 aliphatic rings. The zero-order chi connectivity index (χ0) is 13.9.